The molecule has 2 nitrogen and oxygen atoms in total. The summed E-state index contributed by atoms with van der Waals surface area (Å²) in [6.45, 7) is 4.32. The fourth-order valence-electron chi connectivity index (χ4n) is 1.48. The van der Waals surface area contributed by atoms with Gasteiger partial charge in [-0.05, 0) is 29.2 Å². The normalized spacial score (nSPS) is 12.0. The van der Waals surface area contributed by atoms with E-state index in [1.165, 1.54) is 5.69 Å². The van der Waals surface area contributed by atoms with E-state index < -0.39 is 0 Å². The lowest BCUT2D eigenvalue weighted by Gasteiger charge is -2.12. The molecule has 0 aliphatic carbocycles. The quantitative estimate of drug-likeness (QED) is 0.841. The molecule has 1 N–H and O–H groups in total. The third-order valence-electron chi connectivity index (χ3n) is 2.69. The van der Waals surface area contributed by atoms with Gasteiger partial charge in [-0.2, -0.15) is 0 Å². The van der Waals surface area contributed by atoms with Gasteiger partial charge in [-0.1, -0.05) is 32.1 Å². The Kier molecular flexibility index (Phi) is 4.56. The maximum absolute atomic E-state index is 9.22. The standard InChI is InChI=1S/C14H21NO/c1-11(2)13(10-16)9-12-5-7-14(8-6-12)15(3)4/h5-9,11,16H,10H2,1-4H3. The zero-order chi connectivity index (χ0) is 12.1. The average molecular weight is 219 g/mol. The van der Waals surface area contributed by atoms with Crippen molar-refractivity contribution in [3.8, 4) is 0 Å². The molecule has 0 heterocycles. The average Bonchev–Trinajstić information content (AvgIpc) is 2.26. The summed E-state index contributed by atoms with van der Waals surface area (Å²) < 4.78 is 0. The number of hydrogen-bond donors (Lipinski definition) is 1. The Bertz CT molecular complexity index is 350. The van der Waals surface area contributed by atoms with E-state index in [1.807, 2.05) is 14.1 Å². The van der Waals surface area contributed by atoms with Crippen molar-refractivity contribution in [2.24, 2.45) is 5.92 Å². The summed E-state index contributed by atoms with van der Waals surface area (Å²) >= 11 is 0. The van der Waals surface area contributed by atoms with Crippen molar-refractivity contribution in [1.82, 2.24) is 0 Å². The van der Waals surface area contributed by atoms with Gasteiger partial charge in [0.15, 0.2) is 0 Å². The van der Waals surface area contributed by atoms with Crippen LogP contribution >= 0.6 is 0 Å². The first-order valence-corrected chi connectivity index (χ1v) is 5.63. The van der Waals surface area contributed by atoms with Crippen LogP contribution in [0.4, 0.5) is 5.69 Å². The van der Waals surface area contributed by atoms with E-state index in [2.05, 4.69) is 49.1 Å². The summed E-state index contributed by atoms with van der Waals surface area (Å²) in [6.07, 6.45) is 2.06. The molecule has 0 aliphatic heterocycles. The van der Waals surface area contributed by atoms with Crippen LogP contribution in [0.3, 0.4) is 0 Å². The lowest BCUT2D eigenvalue weighted by molar-refractivity contribution is 0.320. The summed E-state index contributed by atoms with van der Waals surface area (Å²) in [5, 5.41) is 9.22. The molecule has 0 unspecified atom stereocenters. The van der Waals surface area contributed by atoms with Gasteiger partial charge >= 0.3 is 0 Å². The van der Waals surface area contributed by atoms with Crippen LogP contribution in [0.5, 0.6) is 0 Å². The second kappa shape index (κ2) is 5.71. The number of aliphatic hydroxyl groups is 1. The zero-order valence-corrected chi connectivity index (χ0v) is 10.6. The van der Waals surface area contributed by atoms with E-state index in [-0.39, 0.29) is 6.61 Å². The van der Waals surface area contributed by atoms with Gasteiger partial charge in [-0.25, -0.2) is 0 Å². The Labute approximate surface area is 98.2 Å². The molecule has 0 atom stereocenters. The highest BCUT2D eigenvalue weighted by Gasteiger charge is 2.01. The number of rotatable bonds is 4. The molecule has 0 radical (unpaired) electrons. The minimum absolute atomic E-state index is 0.132. The lowest BCUT2D eigenvalue weighted by atomic mass is 10.0. The van der Waals surface area contributed by atoms with E-state index in [9.17, 15) is 5.11 Å². The minimum Gasteiger partial charge on any atom is -0.392 e. The number of aliphatic hydroxyl groups excluding tert-OH is 1. The maximum Gasteiger partial charge on any atom is 0.0647 e. The second-order valence-electron chi connectivity index (χ2n) is 4.52. The molecule has 1 aromatic carbocycles. The van der Waals surface area contributed by atoms with Gasteiger partial charge in [0.1, 0.15) is 0 Å². The van der Waals surface area contributed by atoms with Crippen LogP contribution in [0.2, 0.25) is 0 Å². The zero-order valence-electron chi connectivity index (χ0n) is 10.6. The minimum atomic E-state index is 0.132. The third kappa shape index (κ3) is 3.38. The van der Waals surface area contributed by atoms with Gasteiger partial charge in [0, 0.05) is 19.8 Å². The van der Waals surface area contributed by atoms with Crippen LogP contribution in [-0.4, -0.2) is 25.8 Å². The van der Waals surface area contributed by atoms with E-state index >= 15 is 0 Å². The van der Waals surface area contributed by atoms with Crippen molar-refractivity contribution in [3.63, 3.8) is 0 Å². The summed E-state index contributed by atoms with van der Waals surface area (Å²) in [5.74, 6) is 0.388. The van der Waals surface area contributed by atoms with Gasteiger partial charge in [0.25, 0.3) is 0 Å². The number of benzene rings is 1. The van der Waals surface area contributed by atoms with Gasteiger partial charge in [-0.3, -0.25) is 0 Å². The number of nitrogens with zero attached hydrogens (tertiary/aromatic N) is 1. The fraction of sp³-hybridized carbons (Fsp3) is 0.429. The smallest absolute Gasteiger partial charge is 0.0647 e. The van der Waals surface area contributed by atoms with Crippen LogP contribution in [-0.2, 0) is 0 Å². The summed E-state index contributed by atoms with van der Waals surface area (Å²) in [5.41, 5.74) is 3.40. The summed E-state index contributed by atoms with van der Waals surface area (Å²) in [6, 6.07) is 8.32. The molecule has 88 valence electrons. The first-order valence-electron chi connectivity index (χ1n) is 5.63. The molecule has 1 rings (SSSR count). The first-order chi connectivity index (χ1) is 7.54. The van der Waals surface area contributed by atoms with Crippen molar-refractivity contribution >= 4 is 11.8 Å². The molecule has 16 heavy (non-hydrogen) atoms. The molecule has 0 aliphatic rings. The number of hydrogen-bond acceptors (Lipinski definition) is 2. The molecule has 0 amide bonds. The van der Waals surface area contributed by atoms with Crippen molar-refractivity contribution in [2.75, 3.05) is 25.6 Å². The van der Waals surface area contributed by atoms with Crippen LogP contribution in [0.15, 0.2) is 29.8 Å². The Balaban J connectivity index is 2.89. The third-order valence-corrected chi connectivity index (χ3v) is 2.69. The van der Waals surface area contributed by atoms with Gasteiger partial charge in [0.2, 0.25) is 0 Å². The van der Waals surface area contributed by atoms with Crippen molar-refractivity contribution in [3.05, 3.63) is 35.4 Å². The summed E-state index contributed by atoms with van der Waals surface area (Å²) in [4.78, 5) is 2.07. The monoisotopic (exact) mass is 219 g/mol. The van der Waals surface area contributed by atoms with Crippen molar-refractivity contribution in [2.45, 2.75) is 13.8 Å². The fourth-order valence-corrected chi connectivity index (χ4v) is 1.48. The Morgan fingerprint density at radius 3 is 2.19 bits per heavy atom. The maximum atomic E-state index is 9.22. The largest absolute Gasteiger partial charge is 0.392 e. The molecule has 0 saturated heterocycles. The van der Waals surface area contributed by atoms with Crippen molar-refractivity contribution in [1.29, 1.82) is 0 Å². The molecule has 0 saturated carbocycles. The summed E-state index contributed by atoms with van der Waals surface area (Å²) in [7, 11) is 4.05. The van der Waals surface area contributed by atoms with Crippen LogP contribution < -0.4 is 4.90 Å². The van der Waals surface area contributed by atoms with Gasteiger partial charge < -0.3 is 10.0 Å². The molecule has 2 heteroatoms. The molecular formula is C14H21NO. The SMILES string of the molecule is CC(C)C(=Cc1ccc(N(C)C)cc1)CO. The van der Waals surface area contributed by atoms with Crippen LogP contribution in [0.25, 0.3) is 6.08 Å². The van der Waals surface area contributed by atoms with Crippen molar-refractivity contribution < 1.29 is 5.11 Å². The molecule has 0 spiro atoms. The van der Waals surface area contributed by atoms with E-state index in [0.717, 1.165) is 11.1 Å². The van der Waals surface area contributed by atoms with E-state index in [0.29, 0.717) is 5.92 Å². The van der Waals surface area contributed by atoms with E-state index in [4.69, 9.17) is 0 Å². The molecule has 0 aromatic heterocycles. The molecule has 0 fully saturated rings. The Hall–Kier alpha value is -1.28. The highest BCUT2D eigenvalue weighted by Crippen LogP contribution is 2.17. The predicted molar refractivity (Wildman–Crippen MR) is 70.7 cm³/mol. The Morgan fingerprint density at radius 2 is 1.81 bits per heavy atom. The molecule has 0 bridgehead atoms. The highest BCUT2D eigenvalue weighted by atomic mass is 16.3. The van der Waals surface area contributed by atoms with Crippen LogP contribution in [0, 0.1) is 5.92 Å². The van der Waals surface area contributed by atoms with Gasteiger partial charge in [0.05, 0.1) is 6.61 Å². The van der Waals surface area contributed by atoms with Crippen LogP contribution in [0.1, 0.15) is 19.4 Å². The lowest BCUT2D eigenvalue weighted by Crippen LogP contribution is -2.08. The molecular weight excluding hydrogens is 198 g/mol. The first kappa shape index (κ1) is 12.8. The Morgan fingerprint density at radius 1 is 1.25 bits per heavy atom. The van der Waals surface area contributed by atoms with Gasteiger partial charge in [-0.15, -0.1) is 0 Å². The topological polar surface area (TPSA) is 23.5 Å². The highest BCUT2D eigenvalue weighted by molar-refractivity contribution is 5.57. The predicted octanol–water partition coefficient (Wildman–Crippen LogP) is 2.78. The molecule has 1 aromatic rings. The van der Waals surface area contributed by atoms with E-state index in [1.54, 1.807) is 0 Å². The number of anilines is 1. The second-order valence-corrected chi connectivity index (χ2v) is 4.52.